The van der Waals surface area contributed by atoms with Gasteiger partial charge in [-0.15, -0.1) is 0 Å². The minimum absolute atomic E-state index is 0.109. The van der Waals surface area contributed by atoms with Crippen LogP contribution in [0, 0.1) is 6.92 Å². The van der Waals surface area contributed by atoms with Crippen molar-refractivity contribution in [3.05, 3.63) is 101 Å². The molecule has 1 atom stereocenters. The van der Waals surface area contributed by atoms with E-state index in [1.807, 2.05) is 42.5 Å². The van der Waals surface area contributed by atoms with E-state index in [1.54, 1.807) is 6.26 Å². The number of carboxylic acid groups (broad SMARTS) is 1. The SMILES string of the molecule is Cc1cc(-c2nc(CCOc3ccc4c(c3)CC[C@H]4CC(=O)O)co2)ccc1NCc1ccccc1. The Bertz CT molecular complexity index is 1350. The molecule has 1 aliphatic carbocycles. The summed E-state index contributed by atoms with van der Waals surface area (Å²) in [5.41, 5.74) is 7.58. The highest BCUT2D eigenvalue weighted by molar-refractivity contribution is 5.68. The van der Waals surface area contributed by atoms with Crippen LogP contribution in [0.2, 0.25) is 0 Å². The highest BCUT2D eigenvalue weighted by Gasteiger charge is 2.24. The fourth-order valence-electron chi connectivity index (χ4n) is 4.81. The molecule has 0 saturated carbocycles. The van der Waals surface area contributed by atoms with Gasteiger partial charge in [0.1, 0.15) is 12.0 Å². The van der Waals surface area contributed by atoms with Crippen LogP contribution in [0.25, 0.3) is 11.5 Å². The molecular weight excluding hydrogens is 452 g/mol. The minimum Gasteiger partial charge on any atom is -0.493 e. The predicted octanol–water partition coefficient (Wildman–Crippen LogP) is 6.39. The van der Waals surface area contributed by atoms with Crippen molar-refractivity contribution >= 4 is 11.7 Å². The quantitative estimate of drug-likeness (QED) is 0.273. The maximum Gasteiger partial charge on any atom is 0.303 e. The Labute approximate surface area is 211 Å². The lowest BCUT2D eigenvalue weighted by Gasteiger charge is -2.10. The van der Waals surface area contributed by atoms with E-state index in [9.17, 15) is 4.79 Å². The number of nitrogens with zero attached hydrogens (tertiary/aromatic N) is 1. The van der Waals surface area contributed by atoms with Gasteiger partial charge in [-0.25, -0.2) is 4.98 Å². The predicted molar refractivity (Wildman–Crippen MR) is 139 cm³/mol. The zero-order valence-corrected chi connectivity index (χ0v) is 20.4. The van der Waals surface area contributed by atoms with Crippen LogP contribution in [0.15, 0.2) is 77.4 Å². The maximum absolute atomic E-state index is 11.1. The van der Waals surface area contributed by atoms with Gasteiger partial charge in [-0.05, 0) is 78.3 Å². The van der Waals surface area contributed by atoms with Crippen LogP contribution in [-0.2, 0) is 24.2 Å². The number of benzene rings is 3. The molecule has 6 nitrogen and oxygen atoms in total. The molecule has 36 heavy (non-hydrogen) atoms. The molecule has 1 aliphatic rings. The molecule has 1 aromatic heterocycles. The summed E-state index contributed by atoms with van der Waals surface area (Å²) in [4.78, 5) is 15.7. The maximum atomic E-state index is 11.1. The molecule has 0 fully saturated rings. The Balaban J connectivity index is 1.15. The largest absolute Gasteiger partial charge is 0.493 e. The third kappa shape index (κ3) is 5.60. The number of aryl methyl sites for hydroxylation is 2. The normalized spacial score (nSPS) is 14.4. The highest BCUT2D eigenvalue weighted by atomic mass is 16.5. The Kier molecular flexibility index (Phi) is 7.03. The van der Waals surface area contributed by atoms with Gasteiger partial charge in [0, 0.05) is 24.2 Å². The topological polar surface area (TPSA) is 84.6 Å². The average Bonchev–Trinajstić information content (AvgIpc) is 3.51. The molecule has 0 radical (unpaired) electrons. The van der Waals surface area contributed by atoms with Crippen LogP contribution >= 0.6 is 0 Å². The summed E-state index contributed by atoms with van der Waals surface area (Å²) in [5.74, 6) is 0.774. The summed E-state index contributed by atoms with van der Waals surface area (Å²) in [6, 6.07) is 22.5. The van der Waals surface area contributed by atoms with Gasteiger partial charge in [0.15, 0.2) is 0 Å². The van der Waals surface area contributed by atoms with E-state index in [2.05, 4.69) is 41.5 Å². The first-order chi connectivity index (χ1) is 17.5. The number of aliphatic carboxylic acids is 1. The number of hydrogen-bond donors (Lipinski definition) is 2. The van der Waals surface area contributed by atoms with Crippen molar-refractivity contribution in [2.45, 2.75) is 45.1 Å². The molecule has 5 rings (SSSR count). The Morgan fingerprint density at radius 1 is 1.14 bits per heavy atom. The zero-order valence-electron chi connectivity index (χ0n) is 20.4. The number of aromatic nitrogens is 1. The van der Waals surface area contributed by atoms with Crippen molar-refractivity contribution in [1.29, 1.82) is 0 Å². The molecule has 0 unspecified atom stereocenters. The molecule has 0 aliphatic heterocycles. The van der Waals surface area contributed by atoms with Crippen molar-refractivity contribution in [1.82, 2.24) is 4.98 Å². The van der Waals surface area contributed by atoms with Crippen molar-refractivity contribution in [3.63, 3.8) is 0 Å². The second kappa shape index (κ2) is 10.7. The molecular formula is C30H30N2O4. The van der Waals surface area contributed by atoms with Crippen molar-refractivity contribution < 1.29 is 19.1 Å². The summed E-state index contributed by atoms with van der Waals surface area (Å²) < 4.78 is 11.7. The lowest BCUT2D eigenvalue weighted by molar-refractivity contribution is -0.137. The standard InChI is InChI=1S/C30H30N2O4/c1-20-15-24(9-12-28(20)31-18-21-5-3-2-4-6-21)30-32-25(19-36-30)13-14-35-26-10-11-27-22(16-26)7-8-23(27)17-29(33)34/h2-6,9-12,15-16,19,23,31H,7-8,13-14,17-18H2,1H3,(H,33,34)/t23-/m0/s1. The summed E-state index contributed by atoms with van der Waals surface area (Å²) in [6.45, 7) is 3.34. The molecule has 4 aromatic rings. The molecule has 0 amide bonds. The highest BCUT2D eigenvalue weighted by Crippen LogP contribution is 2.37. The monoisotopic (exact) mass is 482 g/mol. The van der Waals surface area contributed by atoms with E-state index in [1.165, 1.54) is 11.1 Å². The van der Waals surface area contributed by atoms with E-state index in [4.69, 9.17) is 14.3 Å². The first kappa shape index (κ1) is 23.7. The van der Waals surface area contributed by atoms with Crippen molar-refractivity contribution in [2.75, 3.05) is 11.9 Å². The van der Waals surface area contributed by atoms with Gasteiger partial charge in [-0.2, -0.15) is 0 Å². The molecule has 184 valence electrons. The molecule has 0 spiro atoms. The average molecular weight is 483 g/mol. The first-order valence-electron chi connectivity index (χ1n) is 12.4. The van der Waals surface area contributed by atoms with Gasteiger partial charge in [0.05, 0.1) is 18.7 Å². The number of fused-ring (bicyclic) bond motifs is 1. The molecule has 6 heteroatoms. The lowest BCUT2D eigenvalue weighted by Crippen LogP contribution is -2.04. The van der Waals surface area contributed by atoms with E-state index >= 15 is 0 Å². The summed E-state index contributed by atoms with van der Waals surface area (Å²) in [7, 11) is 0. The Hall–Kier alpha value is -4.06. The van der Waals surface area contributed by atoms with Crippen LogP contribution in [0.5, 0.6) is 5.75 Å². The fourth-order valence-corrected chi connectivity index (χ4v) is 4.81. The van der Waals surface area contributed by atoms with Gasteiger partial charge in [-0.3, -0.25) is 4.79 Å². The summed E-state index contributed by atoms with van der Waals surface area (Å²) in [6.07, 6.45) is 4.30. The van der Waals surface area contributed by atoms with Gasteiger partial charge < -0.3 is 19.6 Å². The van der Waals surface area contributed by atoms with Crippen LogP contribution in [0.3, 0.4) is 0 Å². The van der Waals surface area contributed by atoms with E-state index in [0.29, 0.717) is 18.9 Å². The second-order valence-corrected chi connectivity index (χ2v) is 9.31. The van der Waals surface area contributed by atoms with Crippen LogP contribution < -0.4 is 10.1 Å². The van der Waals surface area contributed by atoms with Crippen LogP contribution in [0.4, 0.5) is 5.69 Å². The fraction of sp³-hybridized carbons (Fsp3) is 0.267. The first-order valence-corrected chi connectivity index (χ1v) is 12.4. The number of ether oxygens (including phenoxy) is 1. The smallest absolute Gasteiger partial charge is 0.303 e. The Morgan fingerprint density at radius 2 is 2.00 bits per heavy atom. The number of anilines is 1. The van der Waals surface area contributed by atoms with Gasteiger partial charge in [-0.1, -0.05) is 36.4 Å². The van der Waals surface area contributed by atoms with Crippen molar-refractivity contribution in [3.8, 4) is 17.2 Å². The summed E-state index contributed by atoms with van der Waals surface area (Å²) >= 11 is 0. The molecule has 3 aromatic carbocycles. The van der Waals surface area contributed by atoms with Gasteiger partial charge >= 0.3 is 5.97 Å². The lowest BCUT2D eigenvalue weighted by atomic mass is 9.98. The van der Waals surface area contributed by atoms with E-state index in [-0.39, 0.29) is 12.3 Å². The van der Waals surface area contributed by atoms with Gasteiger partial charge in [0.25, 0.3) is 0 Å². The number of nitrogens with one attached hydrogen (secondary N) is 1. The number of carbonyl (C=O) groups is 1. The molecule has 1 heterocycles. The van der Waals surface area contributed by atoms with E-state index < -0.39 is 5.97 Å². The molecule has 2 N–H and O–H groups in total. The number of carboxylic acids is 1. The minimum atomic E-state index is -0.744. The third-order valence-corrected chi connectivity index (χ3v) is 6.72. The number of hydrogen-bond acceptors (Lipinski definition) is 5. The van der Waals surface area contributed by atoms with Crippen LogP contribution in [-0.4, -0.2) is 22.7 Å². The number of rotatable bonds is 10. The summed E-state index contributed by atoms with van der Waals surface area (Å²) in [5, 5.41) is 12.6. The van der Waals surface area contributed by atoms with Gasteiger partial charge in [0.2, 0.25) is 5.89 Å². The van der Waals surface area contributed by atoms with Crippen molar-refractivity contribution in [2.24, 2.45) is 0 Å². The Morgan fingerprint density at radius 3 is 2.81 bits per heavy atom. The van der Waals surface area contributed by atoms with E-state index in [0.717, 1.165) is 53.2 Å². The number of oxazole rings is 1. The van der Waals surface area contributed by atoms with Crippen LogP contribution in [0.1, 0.15) is 46.7 Å². The third-order valence-electron chi connectivity index (χ3n) is 6.72. The molecule has 0 saturated heterocycles. The molecule has 0 bridgehead atoms. The zero-order chi connectivity index (χ0) is 24.9. The second-order valence-electron chi connectivity index (χ2n) is 9.31.